The standard InChI is InChI=1S/C20H29N5/c1-2-3-12-17-24-18-19(25(17)14-9-5-4-8-13-21)15-10-6-7-11-16(15)23-20(18)22/h6-7,10-11H,2-5,8-9,12-14,21H2,1H3,(H2,22,23). The van der Waals surface area contributed by atoms with Crippen molar-refractivity contribution in [2.24, 2.45) is 5.73 Å². The lowest BCUT2D eigenvalue weighted by Gasteiger charge is -2.11. The summed E-state index contributed by atoms with van der Waals surface area (Å²) >= 11 is 0. The molecular weight excluding hydrogens is 310 g/mol. The number of benzene rings is 1. The van der Waals surface area contributed by atoms with Crippen molar-refractivity contribution in [2.75, 3.05) is 12.3 Å². The van der Waals surface area contributed by atoms with Crippen LogP contribution in [0.25, 0.3) is 21.9 Å². The fourth-order valence-corrected chi connectivity index (χ4v) is 3.44. The molecule has 5 heteroatoms. The minimum Gasteiger partial charge on any atom is -0.382 e. The van der Waals surface area contributed by atoms with E-state index < -0.39 is 0 Å². The Kier molecular flexibility index (Phi) is 5.87. The summed E-state index contributed by atoms with van der Waals surface area (Å²) in [6.07, 6.45) is 7.92. The number of para-hydroxylation sites is 1. The Balaban J connectivity index is 2.02. The number of rotatable bonds is 9. The van der Waals surface area contributed by atoms with Gasteiger partial charge < -0.3 is 16.0 Å². The van der Waals surface area contributed by atoms with Gasteiger partial charge in [-0.1, -0.05) is 44.4 Å². The molecule has 0 saturated heterocycles. The molecule has 1 aromatic carbocycles. The molecule has 0 saturated carbocycles. The van der Waals surface area contributed by atoms with E-state index in [0.29, 0.717) is 5.82 Å². The van der Waals surface area contributed by atoms with Crippen LogP contribution in [0.1, 0.15) is 51.3 Å². The lowest BCUT2D eigenvalue weighted by Crippen LogP contribution is -2.05. The van der Waals surface area contributed by atoms with Crippen LogP contribution < -0.4 is 11.5 Å². The van der Waals surface area contributed by atoms with Gasteiger partial charge in [0.25, 0.3) is 0 Å². The van der Waals surface area contributed by atoms with E-state index >= 15 is 0 Å². The zero-order valence-electron chi connectivity index (χ0n) is 15.2. The Hall–Kier alpha value is -2.14. The minimum absolute atomic E-state index is 0.535. The smallest absolute Gasteiger partial charge is 0.152 e. The third kappa shape index (κ3) is 3.76. The van der Waals surface area contributed by atoms with Crippen LogP contribution in [0.4, 0.5) is 5.82 Å². The van der Waals surface area contributed by atoms with Gasteiger partial charge in [-0.2, -0.15) is 0 Å². The fraction of sp³-hybridized carbons (Fsp3) is 0.500. The molecule has 0 fully saturated rings. The number of aromatic nitrogens is 3. The number of imidazole rings is 1. The number of nitrogens with two attached hydrogens (primary N) is 2. The van der Waals surface area contributed by atoms with Crippen molar-refractivity contribution in [3.63, 3.8) is 0 Å². The van der Waals surface area contributed by atoms with E-state index in [1.165, 1.54) is 12.8 Å². The third-order valence-corrected chi connectivity index (χ3v) is 4.78. The van der Waals surface area contributed by atoms with Crippen LogP contribution in [0.2, 0.25) is 0 Å². The first-order valence-corrected chi connectivity index (χ1v) is 9.49. The van der Waals surface area contributed by atoms with Gasteiger partial charge in [0.1, 0.15) is 11.3 Å². The molecule has 0 radical (unpaired) electrons. The summed E-state index contributed by atoms with van der Waals surface area (Å²) in [5.74, 6) is 1.67. The molecule has 0 atom stereocenters. The first kappa shape index (κ1) is 17.7. The zero-order chi connectivity index (χ0) is 17.6. The molecule has 0 bridgehead atoms. The summed E-state index contributed by atoms with van der Waals surface area (Å²) in [5.41, 5.74) is 14.8. The number of anilines is 1. The summed E-state index contributed by atoms with van der Waals surface area (Å²) in [6, 6.07) is 8.21. The highest BCUT2D eigenvalue weighted by Gasteiger charge is 2.16. The Bertz CT molecular complexity index is 837. The molecule has 0 aliphatic carbocycles. The zero-order valence-corrected chi connectivity index (χ0v) is 15.2. The number of nitrogen functional groups attached to an aromatic ring is 1. The maximum atomic E-state index is 6.23. The highest BCUT2D eigenvalue weighted by atomic mass is 15.1. The van der Waals surface area contributed by atoms with Gasteiger partial charge in [-0.15, -0.1) is 0 Å². The topological polar surface area (TPSA) is 82.8 Å². The Morgan fingerprint density at radius 2 is 1.80 bits per heavy atom. The van der Waals surface area contributed by atoms with Crippen molar-refractivity contribution in [1.29, 1.82) is 0 Å². The van der Waals surface area contributed by atoms with E-state index in [2.05, 4.69) is 28.6 Å². The average molecular weight is 339 g/mol. The maximum absolute atomic E-state index is 6.23. The quantitative estimate of drug-likeness (QED) is 0.577. The van der Waals surface area contributed by atoms with E-state index in [-0.39, 0.29) is 0 Å². The number of hydrogen-bond donors (Lipinski definition) is 2. The third-order valence-electron chi connectivity index (χ3n) is 4.78. The first-order valence-electron chi connectivity index (χ1n) is 9.49. The van der Waals surface area contributed by atoms with Crippen molar-refractivity contribution >= 4 is 27.8 Å². The second-order valence-corrected chi connectivity index (χ2v) is 6.70. The van der Waals surface area contributed by atoms with E-state index in [9.17, 15) is 0 Å². The van der Waals surface area contributed by atoms with Crippen LogP contribution in [-0.2, 0) is 13.0 Å². The van der Waals surface area contributed by atoms with Crippen LogP contribution in [0, 0.1) is 0 Å². The molecule has 0 amide bonds. The molecule has 4 N–H and O–H groups in total. The highest BCUT2D eigenvalue weighted by Crippen LogP contribution is 2.29. The molecule has 0 spiro atoms. The van der Waals surface area contributed by atoms with Crippen LogP contribution in [0.3, 0.4) is 0 Å². The normalized spacial score (nSPS) is 11.6. The van der Waals surface area contributed by atoms with Crippen molar-refractivity contribution in [3.8, 4) is 0 Å². The number of unbranched alkanes of at least 4 members (excludes halogenated alkanes) is 4. The van der Waals surface area contributed by atoms with Crippen molar-refractivity contribution < 1.29 is 0 Å². The summed E-state index contributed by atoms with van der Waals surface area (Å²) in [4.78, 5) is 9.42. The second-order valence-electron chi connectivity index (χ2n) is 6.70. The summed E-state index contributed by atoms with van der Waals surface area (Å²) in [6.45, 7) is 3.97. The maximum Gasteiger partial charge on any atom is 0.152 e. The molecule has 3 rings (SSSR count). The number of nitrogens with zero attached hydrogens (tertiary/aromatic N) is 3. The van der Waals surface area contributed by atoms with E-state index in [4.69, 9.17) is 16.5 Å². The summed E-state index contributed by atoms with van der Waals surface area (Å²) < 4.78 is 2.38. The molecule has 5 nitrogen and oxygen atoms in total. The van der Waals surface area contributed by atoms with Crippen molar-refractivity contribution in [2.45, 2.75) is 58.4 Å². The van der Waals surface area contributed by atoms with E-state index in [1.807, 2.05) is 12.1 Å². The molecule has 25 heavy (non-hydrogen) atoms. The van der Waals surface area contributed by atoms with Crippen LogP contribution >= 0.6 is 0 Å². The van der Waals surface area contributed by atoms with Gasteiger partial charge in [0.05, 0.1) is 11.0 Å². The minimum atomic E-state index is 0.535. The van der Waals surface area contributed by atoms with Crippen LogP contribution in [0.5, 0.6) is 0 Å². The van der Waals surface area contributed by atoms with Crippen LogP contribution in [0.15, 0.2) is 24.3 Å². The number of pyridine rings is 1. The Morgan fingerprint density at radius 1 is 1.00 bits per heavy atom. The molecular formula is C20H29N5. The van der Waals surface area contributed by atoms with E-state index in [1.54, 1.807) is 0 Å². The fourth-order valence-electron chi connectivity index (χ4n) is 3.44. The summed E-state index contributed by atoms with van der Waals surface area (Å²) in [7, 11) is 0. The Morgan fingerprint density at radius 3 is 2.60 bits per heavy atom. The molecule has 0 unspecified atom stereocenters. The molecule has 3 aromatic rings. The molecule has 134 valence electrons. The van der Waals surface area contributed by atoms with Gasteiger partial charge in [-0.25, -0.2) is 9.97 Å². The van der Waals surface area contributed by atoms with Gasteiger partial charge in [0.15, 0.2) is 5.82 Å². The second kappa shape index (κ2) is 8.30. The molecule has 0 aliphatic heterocycles. The summed E-state index contributed by atoms with van der Waals surface area (Å²) in [5, 5.41) is 1.14. The van der Waals surface area contributed by atoms with Gasteiger partial charge in [-0.3, -0.25) is 0 Å². The molecule has 0 aliphatic rings. The van der Waals surface area contributed by atoms with Gasteiger partial charge in [0.2, 0.25) is 0 Å². The predicted molar refractivity (Wildman–Crippen MR) is 106 cm³/mol. The monoisotopic (exact) mass is 339 g/mol. The average Bonchev–Trinajstić information content (AvgIpc) is 2.99. The van der Waals surface area contributed by atoms with Crippen molar-refractivity contribution in [1.82, 2.24) is 14.5 Å². The van der Waals surface area contributed by atoms with Crippen LogP contribution in [-0.4, -0.2) is 21.1 Å². The highest BCUT2D eigenvalue weighted by molar-refractivity contribution is 6.06. The number of hydrogen-bond acceptors (Lipinski definition) is 4. The Labute approximate surface area is 149 Å². The SMILES string of the molecule is CCCCc1nc2c(N)nc3ccccc3c2n1CCCCCCN. The number of fused-ring (bicyclic) bond motifs is 3. The largest absolute Gasteiger partial charge is 0.382 e. The van der Waals surface area contributed by atoms with Gasteiger partial charge in [0, 0.05) is 18.4 Å². The van der Waals surface area contributed by atoms with E-state index in [0.717, 1.165) is 73.0 Å². The van der Waals surface area contributed by atoms with Crippen molar-refractivity contribution in [3.05, 3.63) is 30.1 Å². The van der Waals surface area contributed by atoms with Gasteiger partial charge >= 0.3 is 0 Å². The number of aryl methyl sites for hydroxylation is 2. The lowest BCUT2D eigenvalue weighted by molar-refractivity contribution is 0.563. The predicted octanol–water partition coefficient (Wildman–Crippen LogP) is 4.03. The molecule has 2 aromatic heterocycles. The lowest BCUT2D eigenvalue weighted by atomic mass is 10.1. The van der Waals surface area contributed by atoms with Gasteiger partial charge in [-0.05, 0) is 31.9 Å². The molecule has 2 heterocycles. The first-order chi connectivity index (χ1) is 12.3.